The monoisotopic (exact) mass is 200 g/mol. The van der Waals surface area contributed by atoms with Crippen LogP contribution >= 0.6 is 0 Å². The van der Waals surface area contributed by atoms with E-state index in [0.717, 1.165) is 12.8 Å². The van der Waals surface area contributed by atoms with Crippen molar-refractivity contribution in [1.82, 2.24) is 0 Å². The van der Waals surface area contributed by atoms with Crippen LogP contribution in [0, 0.1) is 0 Å². The standard InChI is InChI=1S/C11H17FO2/c1-5-6-7-10(12)9(4)14-11(13)8(2)3/h10H,2,4-7H2,1,3H3. The third-order valence-corrected chi connectivity index (χ3v) is 1.73. The van der Waals surface area contributed by atoms with Crippen LogP contribution in [0.3, 0.4) is 0 Å². The summed E-state index contributed by atoms with van der Waals surface area (Å²) in [6, 6.07) is 0. The molecule has 0 fully saturated rings. The summed E-state index contributed by atoms with van der Waals surface area (Å²) in [6.45, 7) is 10.2. The maximum Gasteiger partial charge on any atom is 0.338 e. The van der Waals surface area contributed by atoms with E-state index in [4.69, 9.17) is 0 Å². The van der Waals surface area contributed by atoms with Crippen molar-refractivity contribution >= 4 is 5.97 Å². The second-order valence-electron chi connectivity index (χ2n) is 3.25. The number of hydrogen-bond donors (Lipinski definition) is 0. The maximum absolute atomic E-state index is 13.2. The third-order valence-electron chi connectivity index (χ3n) is 1.73. The lowest BCUT2D eigenvalue weighted by Crippen LogP contribution is -2.12. The molecule has 2 nitrogen and oxygen atoms in total. The van der Waals surface area contributed by atoms with E-state index in [1.807, 2.05) is 6.92 Å². The largest absolute Gasteiger partial charge is 0.425 e. The van der Waals surface area contributed by atoms with Gasteiger partial charge in [-0.25, -0.2) is 9.18 Å². The second kappa shape index (κ2) is 6.35. The molecule has 0 amide bonds. The van der Waals surface area contributed by atoms with Crippen LogP contribution in [0.4, 0.5) is 4.39 Å². The summed E-state index contributed by atoms with van der Waals surface area (Å²) in [6.07, 6.45) is 0.740. The van der Waals surface area contributed by atoms with Crippen LogP contribution in [0.5, 0.6) is 0 Å². The van der Waals surface area contributed by atoms with Gasteiger partial charge in [0, 0.05) is 5.57 Å². The van der Waals surface area contributed by atoms with E-state index in [2.05, 4.69) is 17.9 Å². The normalized spacial score (nSPS) is 11.9. The minimum atomic E-state index is -1.27. The number of hydrogen-bond acceptors (Lipinski definition) is 2. The van der Waals surface area contributed by atoms with Gasteiger partial charge in [0.05, 0.1) is 0 Å². The van der Waals surface area contributed by atoms with Crippen molar-refractivity contribution in [2.24, 2.45) is 0 Å². The van der Waals surface area contributed by atoms with Crippen molar-refractivity contribution in [3.8, 4) is 0 Å². The summed E-state index contributed by atoms with van der Waals surface area (Å²) in [5.74, 6) is -0.736. The molecule has 0 aliphatic rings. The molecular formula is C11H17FO2. The molecule has 0 bridgehead atoms. The summed E-state index contributed by atoms with van der Waals surface area (Å²) in [7, 11) is 0. The molecule has 0 aromatic rings. The van der Waals surface area contributed by atoms with Gasteiger partial charge in [-0.3, -0.25) is 0 Å². The van der Waals surface area contributed by atoms with Crippen molar-refractivity contribution < 1.29 is 13.9 Å². The number of halogens is 1. The molecule has 80 valence electrons. The van der Waals surface area contributed by atoms with Gasteiger partial charge in [0.1, 0.15) is 5.76 Å². The molecule has 0 saturated carbocycles. The van der Waals surface area contributed by atoms with E-state index >= 15 is 0 Å². The first-order valence-electron chi connectivity index (χ1n) is 4.69. The van der Waals surface area contributed by atoms with Gasteiger partial charge in [-0.05, 0) is 13.3 Å². The SMILES string of the molecule is C=C(C)C(=O)OC(=C)C(F)CCCC. The van der Waals surface area contributed by atoms with Gasteiger partial charge in [-0.15, -0.1) is 0 Å². The highest BCUT2D eigenvalue weighted by atomic mass is 19.1. The van der Waals surface area contributed by atoms with Crippen LogP contribution in [-0.2, 0) is 9.53 Å². The Kier molecular flexibility index (Phi) is 5.84. The van der Waals surface area contributed by atoms with E-state index in [1.165, 1.54) is 6.92 Å². The molecule has 0 aromatic carbocycles. The fourth-order valence-electron chi connectivity index (χ4n) is 0.814. The zero-order valence-corrected chi connectivity index (χ0v) is 8.81. The molecule has 0 radical (unpaired) electrons. The predicted molar refractivity (Wildman–Crippen MR) is 54.5 cm³/mol. The second-order valence-corrected chi connectivity index (χ2v) is 3.25. The van der Waals surface area contributed by atoms with E-state index in [-0.39, 0.29) is 11.3 Å². The molecular weight excluding hydrogens is 183 g/mol. The Labute approximate surface area is 84.5 Å². The quantitative estimate of drug-likeness (QED) is 0.374. The molecule has 0 saturated heterocycles. The Morgan fingerprint density at radius 1 is 1.50 bits per heavy atom. The highest BCUT2D eigenvalue weighted by molar-refractivity contribution is 5.87. The Hall–Kier alpha value is -1.12. The van der Waals surface area contributed by atoms with Gasteiger partial charge in [-0.1, -0.05) is 32.9 Å². The number of allylic oxidation sites excluding steroid dienone is 1. The summed E-state index contributed by atoms with van der Waals surface area (Å²) in [5.41, 5.74) is 0.244. The Bertz CT molecular complexity index is 233. The molecule has 0 spiro atoms. The molecule has 1 atom stereocenters. The minimum Gasteiger partial charge on any atom is -0.425 e. The number of carbonyl (C=O) groups excluding carboxylic acids is 1. The van der Waals surface area contributed by atoms with Gasteiger partial charge in [-0.2, -0.15) is 0 Å². The number of carbonyl (C=O) groups is 1. The molecule has 14 heavy (non-hydrogen) atoms. The molecule has 0 aliphatic heterocycles. The van der Waals surface area contributed by atoms with E-state index in [9.17, 15) is 9.18 Å². The fraction of sp³-hybridized carbons (Fsp3) is 0.545. The number of alkyl halides is 1. The van der Waals surface area contributed by atoms with Crippen molar-refractivity contribution in [2.75, 3.05) is 0 Å². The first-order valence-corrected chi connectivity index (χ1v) is 4.69. The van der Waals surface area contributed by atoms with Crippen molar-refractivity contribution in [3.63, 3.8) is 0 Å². The van der Waals surface area contributed by atoms with E-state index in [1.54, 1.807) is 0 Å². The lowest BCUT2D eigenvalue weighted by Gasteiger charge is -2.11. The number of rotatable bonds is 6. The molecule has 0 aromatic heterocycles. The average Bonchev–Trinajstić information content (AvgIpc) is 2.13. The summed E-state index contributed by atoms with van der Waals surface area (Å²) >= 11 is 0. The Balaban J connectivity index is 3.95. The van der Waals surface area contributed by atoms with Crippen LogP contribution in [0.2, 0.25) is 0 Å². The van der Waals surface area contributed by atoms with Crippen LogP contribution < -0.4 is 0 Å². The van der Waals surface area contributed by atoms with Crippen molar-refractivity contribution in [3.05, 3.63) is 24.5 Å². The maximum atomic E-state index is 13.2. The average molecular weight is 200 g/mol. The van der Waals surface area contributed by atoms with Gasteiger partial charge in [0.2, 0.25) is 0 Å². The minimum absolute atomic E-state index is 0.119. The molecule has 0 rings (SSSR count). The zero-order valence-electron chi connectivity index (χ0n) is 8.81. The summed E-state index contributed by atoms with van der Waals surface area (Å²) in [5, 5.41) is 0. The molecule has 0 heterocycles. The first-order chi connectivity index (χ1) is 6.49. The lowest BCUT2D eigenvalue weighted by molar-refractivity contribution is -0.135. The topological polar surface area (TPSA) is 26.3 Å². The number of ether oxygens (including phenoxy) is 1. The predicted octanol–water partition coefficient (Wildman–Crippen LogP) is 3.15. The number of unbranched alkanes of at least 4 members (excludes halogenated alkanes) is 1. The van der Waals surface area contributed by atoms with Crippen LogP contribution in [-0.4, -0.2) is 12.1 Å². The molecule has 0 aliphatic carbocycles. The molecule has 0 N–H and O–H groups in total. The summed E-state index contributed by atoms with van der Waals surface area (Å²) < 4.78 is 17.9. The highest BCUT2D eigenvalue weighted by Gasteiger charge is 2.15. The van der Waals surface area contributed by atoms with Gasteiger partial charge < -0.3 is 4.74 Å². The first kappa shape index (κ1) is 12.9. The smallest absolute Gasteiger partial charge is 0.338 e. The van der Waals surface area contributed by atoms with E-state index in [0.29, 0.717) is 6.42 Å². The van der Waals surface area contributed by atoms with Crippen LogP contribution in [0.1, 0.15) is 33.1 Å². The van der Waals surface area contributed by atoms with Gasteiger partial charge in [0.15, 0.2) is 6.17 Å². The van der Waals surface area contributed by atoms with Crippen LogP contribution in [0.15, 0.2) is 24.5 Å². The van der Waals surface area contributed by atoms with Crippen molar-refractivity contribution in [1.29, 1.82) is 0 Å². The van der Waals surface area contributed by atoms with Crippen LogP contribution in [0.25, 0.3) is 0 Å². The van der Waals surface area contributed by atoms with Crippen molar-refractivity contribution in [2.45, 2.75) is 39.3 Å². The van der Waals surface area contributed by atoms with Gasteiger partial charge in [0.25, 0.3) is 0 Å². The number of esters is 1. The molecule has 3 heteroatoms. The third kappa shape index (κ3) is 4.80. The zero-order chi connectivity index (χ0) is 11.1. The summed E-state index contributed by atoms with van der Waals surface area (Å²) in [4.78, 5) is 11.0. The fourth-order valence-corrected chi connectivity index (χ4v) is 0.814. The molecule has 1 unspecified atom stereocenters. The lowest BCUT2D eigenvalue weighted by atomic mass is 10.1. The van der Waals surface area contributed by atoms with E-state index < -0.39 is 12.1 Å². The Morgan fingerprint density at radius 3 is 2.50 bits per heavy atom. The Morgan fingerprint density at radius 2 is 2.07 bits per heavy atom. The highest BCUT2D eigenvalue weighted by Crippen LogP contribution is 2.14. The van der Waals surface area contributed by atoms with Gasteiger partial charge >= 0.3 is 5.97 Å².